The maximum absolute atomic E-state index is 12.5. The first-order chi connectivity index (χ1) is 13.0. The number of rotatable bonds is 7. The molecule has 27 heavy (non-hydrogen) atoms. The molecule has 0 aromatic carbocycles. The van der Waals surface area contributed by atoms with Crippen LogP contribution in [0.3, 0.4) is 0 Å². The molecule has 9 heteroatoms. The fourth-order valence-corrected chi connectivity index (χ4v) is 3.96. The molecular weight excluding hydrogens is 366 g/mol. The highest BCUT2D eigenvalue weighted by molar-refractivity contribution is 7.09. The number of aromatic nitrogens is 2. The Hall–Kier alpha value is -2.23. The van der Waals surface area contributed by atoms with E-state index in [4.69, 9.17) is 0 Å². The van der Waals surface area contributed by atoms with Gasteiger partial charge in [-0.3, -0.25) is 19.1 Å². The molecule has 2 aromatic heterocycles. The molecule has 0 spiro atoms. The number of carbonyl (C=O) groups excluding carboxylic acids is 1. The van der Waals surface area contributed by atoms with Gasteiger partial charge in [0.1, 0.15) is 0 Å². The van der Waals surface area contributed by atoms with Crippen LogP contribution in [0.4, 0.5) is 0 Å². The first-order valence-electron chi connectivity index (χ1n) is 8.95. The molecule has 0 radical (unpaired) electrons. The Balaban J connectivity index is 1.73. The Kier molecular flexibility index (Phi) is 6.25. The summed E-state index contributed by atoms with van der Waals surface area (Å²) in [6.45, 7) is 2.73. The van der Waals surface area contributed by atoms with Gasteiger partial charge in [-0.25, -0.2) is 4.79 Å². The Morgan fingerprint density at radius 1 is 1.41 bits per heavy atom. The lowest BCUT2D eigenvalue weighted by Crippen LogP contribution is -2.46. The van der Waals surface area contributed by atoms with Crippen LogP contribution in [0.15, 0.2) is 33.3 Å². The summed E-state index contributed by atoms with van der Waals surface area (Å²) in [5.41, 5.74) is -0.155. The summed E-state index contributed by atoms with van der Waals surface area (Å²) in [5, 5.41) is 8.22. The summed E-state index contributed by atoms with van der Waals surface area (Å²) in [4.78, 5) is 39.9. The van der Waals surface area contributed by atoms with E-state index in [0.29, 0.717) is 18.7 Å². The van der Waals surface area contributed by atoms with Crippen molar-refractivity contribution >= 4 is 17.2 Å². The molecule has 1 aliphatic heterocycles. The van der Waals surface area contributed by atoms with Gasteiger partial charge in [0.25, 0.3) is 5.56 Å². The van der Waals surface area contributed by atoms with Crippen molar-refractivity contribution < 1.29 is 4.79 Å². The van der Waals surface area contributed by atoms with E-state index in [9.17, 15) is 14.4 Å². The van der Waals surface area contributed by atoms with E-state index in [2.05, 4.69) is 10.6 Å². The van der Waals surface area contributed by atoms with Crippen LogP contribution in [0.5, 0.6) is 0 Å². The van der Waals surface area contributed by atoms with E-state index in [-0.39, 0.29) is 29.7 Å². The second kappa shape index (κ2) is 8.64. The molecule has 1 aliphatic rings. The molecule has 0 aliphatic carbocycles. The Morgan fingerprint density at radius 3 is 2.89 bits per heavy atom. The molecule has 2 N–H and O–H groups in total. The highest BCUT2D eigenvalue weighted by atomic mass is 32.1. The third-order valence-electron chi connectivity index (χ3n) is 4.83. The standard InChI is InChI=1S/C18H25N5O3S/c1-21-10-13(17(25)22(2)18(21)26)11-23(14-5-6-19-8-14)12-16(24)20-9-15-4-3-7-27-15/h3-4,7,10,14,19H,5-6,8-9,11-12H2,1-2H3,(H,20,24)/t14-/m1/s1. The Bertz CT molecular complexity index is 897. The van der Waals surface area contributed by atoms with Gasteiger partial charge in [0.15, 0.2) is 0 Å². The number of amides is 1. The van der Waals surface area contributed by atoms with Crippen LogP contribution in [-0.4, -0.2) is 45.6 Å². The van der Waals surface area contributed by atoms with Crippen LogP contribution >= 0.6 is 11.3 Å². The van der Waals surface area contributed by atoms with Crippen molar-refractivity contribution in [3.63, 3.8) is 0 Å². The van der Waals surface area contributed by atoms with Crippen LogP contribution in [0, 0.1) is 0 Å². The van der Waals surface area contributed by atoms with Gasteiger partial charge in [0.2, 0.25) is 5.91 Å². The molecule has 0 unspecified atom stereocenters. The lowest BCUT2D eigenvalue weighted by atomic mass is 10.2. The van der Waals surface area contributed by atoms with Gasteiger partial charge in [-0.1, -0.05) is 6.07 Å². The van der Waals surface area contributed by atoms with Crippen molar-refractivity contribution in [2.45, 2.75) is 25.6 Å². The predicted molar refractivity (Wildman–Crippen MR) is 105 cm³/mol. The maximum atomic E-state index is 12.5. The second-order valence-corrected chi connectivity index (χ2v) is 7.85. The molecule has 0 saturated carbocycles. The minimum atomic E-state index is -0.355. The number of thiophene rings is 1. The first-order valence-corrected chi connectivity index (χ1v) is 9.83. The SMILES string of the molecule is Cn1cc(CN(CC(=O)NCc2cccs2)[C@@H]2CCNC2)c(=O)n(C)c1=O. The Labute approximate surface area is 161 Å². The summed E-state index contributed by atoms with van der Waals surface area (Å²) < 4.78 is 2.51. The topological polar surface area (TPSA) is 88.4 Å². The number of hydrogen-bond donors (Lipinski definition) is 2. The smallest absolute Gasteiger partial charge is 0.330 e. The third-order valence-corrected chi connectivity index (χ3v) is 5.70. The normalized spacial score (nSPS) is 16.8. The second-order valence-electron chi connectivity index (χ2n) is 6.82. The van der Waals surface area contributed by atoms with Gasteiger partial charge in [0.05, 0.1) is 13.1 Å². The summed E-state index contributed by atoms with van der Waals surface area (Å²) in [7, 11) is 3.10. The zero-order valence-electron chi connectivity index (χ0n) is 15.6. The van der Waals surface area contributed by atoms with Crippen molar-refractivity contribution in [2.24, 2.45) is 14.1 Å². The van der Waals surface area contributed by atoms with Gasteiger partial charge in [-0.05, 0) is 24.4 Å². The minimum absolute atomic E-state index is 0.0723. The lowest BCUT2D eigenvalue weighted by molar-refractivity contribution is -0.123. The van der Waals surface area contributed by atoms with Crippen LogP contribution in [0.25, 0.3) is 0 Å². The number of hydrogen-bond acceptors (Lipinski definition) is 6. The summed E-state index contributed by atoms with van der Waals surface area (Å²) >= 11 is 1.60. The molecular formula is C18H25N5O3S. The van der Waals surface area contributed by atoms with Crippen molar-refractivity contribution in [2.75, 3.05) is 19.6 Å². The molecule has 3 heterocycles. The molecule has 1 atom stereocenters. The third kappa shape index (κ3) is 4.74. The summed E-state index contributed by atoms with van der Waals surface area (Å²) in [6, 6.07) is 4.12. The van der Waals surface area contributed by atoms with E-state index >= 15 is 0 Å². The van der Waals surface area contributed by atoms with Gasteiger partial charge in [-0.15, -0.1) is 11.3 Å². The lowest BCUT2D eigenvalue weighted by Gasteiger charge is -2.27. The molecule has 0 bridgehead atoms. The van der Waals surface area contributed by atoms with E-state index in [1.54, 1.807) is 24.6 Å². The maximum Gasteiger partial charge on any atom is 0.330 e. The molecule has 1 saturated heterocycles. The van der Waals surface area contributed by atoms with Gasteiger partial charge in [0, 0.05) is 49.9 Å². The highest BCUT2D eigenvalue weighted by Crippen LogP contribution is 2.12. The fourth-order valence-electron chi connectivity index (χ4n) is 3.31. The summed E-state index contributed by atoms with van der Waals surface area (Å²) in [5.74, 6) is -0.0723. The highest BCUT2D eigenvalue weighted by Gasteiger charge is 2.25. The molecule has 1 fully saturated rings. The zero-order valence-corrected chi connectivity index (χ0v) is 16.4. The van der Waals surface area contributed by atoms with Crippen LogP contribution in [-0.2, 0) is 32.0 Å². The van der Waals surface area contributed by atoms with Crippen molar-refractivity contribution in [1.82, 2.24) is 24.7 Å². The van der Waals surface area contributed by atoms with Crippen molar-refractivity contribution in [1.29, 1.82) is 0 Å². The van der Waals surface area contributed by atoms with Crippen molar-refractivity contribution in [3.05, 3.63) is 55.0 Å². The molecule has 146 valence electrons. The van der Waals surface area contributed by atoms with Gasteiger partial charge in [-0.2, -0.15) is 0 Å². The van der Waals surface area contributed by atoms with E-state index in [1.807, 2.05) is 22.4 Å². The largest absolute Gasteiger partial charge is 0.350 e. The van der Waals surface area contributed by atoms with Crippen LogP contribution in [0.1, 0.15) is 16.9 Å². The number of carbonyl (C=O) groups is 1. The number of aryl methyl sites for hydroxylation is 1. The van der Waals surface area contributed by atoms with Crippen LogP contribution in [0.2, 0.25) is 0 Å². The van der Waals surface area contributed by atoms with E-state index in [0.717, 1.165) is 29.0 Å². The fraction of sp³-hybridized carbons (Fsp3) is 0.500. The molecule has 8 nitrogen and oxygen atoms in total. The molecule has 3 rings (SSSR count). The average molecular weight is 391 g/mol. The molecule has 1 amide bonds. The minimum Gasteiger partial charge on any atom is -0.350 e. The average Bonchev–Trinajstić information content (AvgIpc) is 3.35. The number of nitrogens with one attached hydrogen (secondary N) is 2. The Morgan fingerprint density at radius 2 is 2.22 bits per heavy atom. The van der Waals surface area contributed by atoms with Gasteiger partial charge >= 0.3 is 5.69 Å². The predicted octanol–water partition coefficient (Wildman–Crippen LogP) is -0.374. The van der Waals surface area contributed by atoms with Crippen LogP contribution < -0.4 is 21.9 Å². The first kappa shape index (κ1) is 19.5. The molecule has 2 aromatic rings. The van der Waals surface area contributed by atoms with E-state index < -0.39 is 0 Å². The monoisotopic (exact) mass is 391 g/mol. The quantitative estimate of drug-likeness (QED) is 0.672. The summed E-state index contributed by atoms with van der Waals surface area (Å²) in [6.07, 6.45) is 2.49. The zero-order chi connectivity index (χ0) is 19.4. The number of nitrogens with zero attached hydrogens (tertiary/aromatic N) is 3. The van der Waals surface area contributed by atoms with Crippen molar-refractivity contribution in [3.8, 4) is 0 Å². The van der Waals surface area contributed by atoms with Gasteiger partial charge < -0.3 is 15.2 Å². The van der Waals surface area contributed by atoms with E-state index in [1.165, 1.54) is 11.6 Å².